The van der Waals surface area contributed by atoms with E-state index in [9.17, 15) is 32.9 Å². The van der Waals surface area contributed by atoms with E-state index in [0.717, 1.165) is 12.5 Å². The average molecular weight is 438 g/mol. The summed E-state index contributed by atoms with van der Waals surface area (Å²) in [7, 11) is 0. The summed E-state index contributed by atoms with van der Waals surface area (Å²) in [5.74, 6) is -1.06. The van der Waals surface area contributed by atoms with Gasteiger partial charge in [0.25, 0.3) is 17.5 Å². The predicted molar refractivity (Wildman–Crippen MR) is 103 cm³/mol. The number of ether oxygens (including phenoxy) is 1. The summed E-state index contributed by atoms with van der Waals surface area (Å²) < 4.78 is 43.6. The van der Waals surface area contributed by atoms with Gasteiger partial charge in [-0.25, -0.2) is 0 Å². The van der Waals surface area contributed by atoms with Crippen LogP contribution in [0.25, 0.3) is 0 Å². The van der Waals surface area contributed by atoms with Crippen molar-refractivity contribution >= 4 is 28.9 Å². The molecule has 1 aliphatic rings. The second-order valence-corrected chi connectivity index (χ2v) is 6.64. The maximum absolute atomic E-state index is 12.8. The van der Waals surface area contributed by atoms with Gasteiger partial charge in [0.05, 0.1) is 10.5 Å². The lowest BCUT2D eigenvalue weighted by Crippen LogP contribution is -2.30. The molecule has 2 aromatic carbocycles. The van der Waals surface area contributed by atoms with E-state index in [-0.39, 0.29) is 17.2 Å². The van der Waals surface area contributed by atoms with Crippen molar-refractivity contribution in [3.63, 3.8) is 0 Å². The number of rotatable bonds is 6. The molecule has 9 nitrogen and oxygen atoms in total. The van der Waals surface area contributed by atoms with Crippen LogP contribution in [0.15, 0.2) is 42.5 Å². The van der Waals surface area contributed by atoms with Gasteiger partial charge in [-0.1, -0.05) is 6.07 Å². The second kappa shape index (κ2) is 9.00. The van der Waals surface area contributed by atoms with Crippen molar-refractivity contribution in [2.75, 3.05) is 17.3 Å². The summed E-state index contributed by atoms with van der Waals surface area (Å²) in [6.45, 7) is 0.502. The first-order chi connectivity index (χ1) is 14.6. The number of hydrogen-bond donors (Lipinski definition) is 3. The lowest BCUT2D eigenvalue weighted by atomic mass is 10.1. The fraction of sp³-hybridized carbons (Fsp3) is 0.263. The minimum atomic E-state index is -4.75. The molecule has 0 bridgehead atoms. The Morgan fingerprint density at radius 3 is 2.58 bits per heavy atom. The van der Waals surface area contributed by atoms with E-state index in [4.69, 9.17) is 4.74 Å². The van der Waals surface area contributed by atoms with Crippen molar-refractivity contribution in [1.29, 1.82) is 0 Å². The number of hydrazine groups is 1. The molecule has 1 atom stereocenters. The van der Waals surface area contributed by atoms with Gasteiger partial charge in [-0.05, 0) is 43.2 Å². The first kappa shape index (κ1) is 22.0. The van der Waals surface area contributed by atoms with Crippen LogP contribution in [-0.4, -0.2) is 29.4 Å². The standard InChI is InChI=1S/C19H17F3N4O5/c20-19(21,22)12-6-7-14(15(10-12)26(29)30)24-25-17(27)11-3-1-4-13(9-11)23-18(28)16-5-2-8-31-16/h1,3-4,6-7,9-10,16,24H,2,5,8H2,(H,23,28)(H,25,27). The van der Waals surface area contributed by atoms with Gasteiger partial charge in [0, 0.05) is 23.9 Å². The van der Waals surface area contributed by atoms with Gasteiger partial charge in [-0.15, -0.1) is 0 Å². The van der Waals surface area contributed by atoms with Crippen molar-refractivity contribution in [2.24, 2.45) is 0 Å². The number of nitro groups is 1. The van der Waals surface area contributed by atoms with Gasteiger partial charge in [0.15, 0.2) is 0 Å². The number of carbonyl (C=O) groups excluding carboxylic acids is 2. The Kier molecular flexibility index (Phi) is 6.39. The smallest absolute Gasteiger partial charge is 0.368 e. The highest BCUT2D eigenvalue weighted by Gasteiger charge is 2.33. The van der Waals surface area contributed by atoms with Crippen molar-refractivity contribution < 1.29 is 32.4 Å². The zero-order chi connectivity index (χ0) is 22.6. The lowest BCUT2D eigenvalue weighted by molar-refractivity contribution is -0.384. The number of nitro benzene ring substituents is 1. The number of amides is 2. The van der Waals surface area contributed by atoms with E-state index < -0.39 is 34.4 Å². The third-order valence-electron chi connectivity index (χ3n) is 4.45. The van der Waals surface area contributed by atoms with E-state index in [1.807, 2.05) is 0 Å². The average Bonchev–Trinajstić information content (AvgIpc) is 3.26. The van der Waals surface area contributed by atoms with Crippen molar-refractivity contribution in [2.45, 2.75) is 25.1 Å². The molecule has 3 rings (SSSR count). The largest absolute Gasteiger partial charge is 0.416 e. The Morgan fingerprint density at radius 2 is 1.94 bits per heavy atom. The monoisotopic (exact) mass is 438 g/mol. The molecule has 164 valence electrons. The molecule has 1 saturated heterocycles. The van der Waals surface area contributed by atoms with Crippen LogP contribution < -0.4 is 16.2 Å². The molecule has 1 heterocycles. The third kappa shape index (κ3) is 5.48. The maximum Gasteiger partial charge on any atom is 0.416 e. The first-order valence-corrected chi connectivity index (χ1v) is 9.09. The van der Waals surface area contributed by atoms with Crippen LogP contribution in [0.4, 0.5) is 30.2 Å². The molecular weight excluding hydrogens is 421 g/mol. The van der Waals surface area contributed by atoms with Gasteiger partial charge in [0.2, 0.25) is 0 Å². The molecular formula is C19H17F3N4O5. The number of alkyl halides is 3. The Morgan fingerprint density at radius 1 is 1.16 bits per heavy atom. The fourth-order valence-electron chi connectivity index (χ4n) is 2.91. The minimum Gasteiger partial charge on any atom is -0.368 e. The van der Waals surface area contributed by atoms with Crippen molar-refractivity contribution in [1.82, 2.24) is 5.43 Å². The highest BCUT2D eigenvalue weighted by atomic mass is 19.4. The topological polar surface area (TPSA) is 123 Å². The summed E-state index contributed by atoms with van der Waals surface area (Å²) in [4.78, 5) is 34.6. The van der Waals surface area contributed by atoms with Crippen LogP contribution in [-0.2, 0) is 15.7 Å². The summed E-state index contributed by atoms with van der Waals surface area (Å²) in [5, 5.41) is 13.7. The van der Waals surface area contributed by atoms with Gasteiger partial charge in [0.1, 0.15) is 11.8 Å². The van der Waals surface area contributed by atoms with Crippen molar-refractivity contribution in [3.8, 4) is 0 Å². The molecule has 1 unspecified atom stereocenters. The van der Waals surface area contributed by atoms with E-state index in [1.54, 1.807) is 6.07 Å². The van der Waals surface area contributed by atoms with Crippen LogP contribution in [0.1, 0.15) is 28.8 Å². The summed E-state index contributed by atoms with van der Waals surface area (Å²) >= 11 is 0. The van der Waals surface area contributed by atoms with Crippen LogP contribution in [0, 0.1) is 10.1 Å². The number of hydrogen-bond acceptors (Lipinski definition) is 6. The Labute approximate surface area is 173 Å². The summed E-state index contributed by atoms with van der Waals surface area (Å²) in [5.41, 5.74) is 2.53. The number of benzene rings is 2. The van der Waals surface area contributed by atoms with Gasteiger partial charge < -0.3 is 10.1 Å². The van der Waals surface area contributed by atoms with Gasteiger partial charge in [-0.2, -0.15) is 13.2 Å². The summed E-state index contributed by atoms with van der Waals surface area (Å²) in [6.07, 6.45) is -3.93. The van der Waals surface area contributed by atoms with Gasteiger partial charge >= 0.3 is 6.18 Å². The zero-order valence-corrected chi connectivity index (χ0v) is 15.9. The van der Waals surface area contributed by atoms with E-state index in [1.165, 1.54) is 18.2 Å². The summed E-state index contributed by atoms with van der Waals surface area (Å²) in [6, 6.07) is 7.77. The van der Waals surface area contributed by atoms with Gasteiger partial charge in [-0.3, -0.25) is 30.6 Å². The van der Waals surface area contributed by atoms with Crippen LogP contribution in [0.2, 0.25) is 0 Å². The number of carbonyl (C=O) groups is 2. The molecule has 2 amide bonds. The van der Waals surface area contributed by atoms with Crippen molar-refractivity contribution in [3.05, 3.63) is 63.7 Å². The Hall–Kier alpha value is -3.67. The normalized spacial score (nSPS) is 15.9. The number of anilines is 2. The van der Waals surface area contributed by atoms with E-state index >= 15 is 0 Å². The molecule has 31 heavy (non-hydrogen) atoms. The number of halogens is 3. The molecule has 0 radical (unpaired) electrons. The fourth-order valence-corrected chi connectivity index (χ4v) is 2.91. The zero-order valence-electron chi connectivity index (χ0n) is 15.9. The van der Waals surface area contributed by atoms with E-state index in [2.05, 4.69) is 16.2 Å². The molecule has 1 aliphatic heterocycles. The molecule has 2 aromatic rings. The molecule has 0 saturated carbocycles. The number of nitrogens with zero attached hydrogens (tertiary/aromatic N) is 1. The minimum absolute atomic E-state index is 0.104. The quantitative estimate of drug-likeness (QED) is 0.469. The molecule has 12 heteroatoms. The SMILES string of the molecule is O=C(NNc1ccc(C(F)(F)F)cc1[N+](=O)[O-])c1cccc(NC(=O)C2CCCO2)c1. The molecule has 1 fully saturated rings. The third-order valence-corrected chi connectivity index (χ3v) is 4.45. The molecule has 0 spiro atoms. The van der Waals surface area contributed by atoms with Crippen LogP contribution >= 0.6 is 0 Å². The highest BCUT2D eigenvalue weighted by Crippen LogP contribution is 2.34. The maximum atomic E-state index is 12.8. The molecule has 3 N–H and O–H groups in total. The Balaban J connectivity index is 1.68. The molecule has 0 aliphatic carbocycles. The van der Waals surface area contributed by atoms with Crippen LogP contribution in [0.3, 0.4) is 0 Å². The van der Waals surface area contributed by atoms with Crippen LogP contribution in [0.5, 0.6) is 0 Å². The Bertz CT molecular complexity index is 1010. The second-order valence-electron chi connectivity index (χ2n) is 6.64. The highest BCUT2D eigenvalue weighted by molar-refractivity contribution is 5.98. The molecule has 0 aromatic heterocycles. The van der Waals surface area contributed by atoms with E-state index in [0.29, 0.717) is 30.8 Å². The predicted octanol–water partition coefficient (Wildman–Crippen LogP) is 3.49. The first-order valence-electron chi connectivity index (χ1n) is 9.09. The number of nitrogens with one attached hydrogen (secondary N) is 3. The lowest BCUT2D eigenvalue weighted by Gasteiger charge is -2.13.